The molecule has 0 amide bonds. The number of benzene rings is 2. The highest BCUT2D eigenvalue weighted by molar-refractivity contribution is 5.95. The fraction of sp³-hybridized carbons (Fsp3) is 0.381. The molecule has 0 aromatic heterocycles. The predicted molar refractivity (Wildman–Crippen MR) is 103 cm³/mol. The van der Waals surface area contributed by atoms with Crippen LogP contribution in [0.25, 0.3) is 0 Å². The molecule has 132 valence electrons. The van der Waals surface area contributed by atoms with Crippen molar-refractivity contribution >= 4 is 17.3 Å². The minimum atomic E-state index is -0.325. The molecule has 0 spiro atoms. The molecule has 1 aliphatic rings. The van der Waals surface area contributed by atoms with Crippen LogP contribution in [0.3, 0.4) is 0 Å². The molecule has 0 saturated heterocycles. The average Bonchev–Trinajstić information content (AvgIpc) is 2.93. The van der Waals surface area contributed by atoms with Gasteiger partial charge < -0.3 is 14.5 Å². The van der Waals surface area contributed by atoms with Crippen LogP contribution in [-0.2, 0) is 4.74 Å². The van der Waals surface area contributed by atoms with E-state index in [4.69, 9.17) is 4.74 Å². The fourth-order valence-electron chi connectivity index (χ4n) is 3.39. The third-order valence-electron chi connectivity index (χ3n) is 4.95. The number of fused-ring (bicyclic) bond motifs is 1. The number of carbonyl (C=O) groups is 1. The van der Waals surface area contributed by atoms with E-state index in [0.717, 1.165) is 35.5 Å². The van der Waals surface area contributed by atoms with Gasteiger partial charge in [0.1, 0.15) is 0 Å². The molecular formula is C21H26N2O2. The lowest BCUT2D eigenvalue weighted by atomic mass is 9.95. The van der Waals surface area contributed by atoms with Gasteiger partial charge in [0.25, 0.3) is 0 Å². The molecule has 2 aromatic rings. The first kappa shape index (κ1) is 17.3. The number of hydrogen-bond acceptors (Lipinski definition) is 4. The average molecular weight is 338 g/mol. The number of anilines is 2. The van der Waals surface area contributed by atoms with Gasteiger partial charge in [-0.05, 0) is 50.6 Å². The molecular weight excluding hydrogens is 312 g/mol. The smallest absolute Gasteiger partial charge is 0.339 e. The Morgan fingerprint density at radius 3 is 2.28 bits per heavy atom. The fourth-order valence-corrected chi connectivity index (χ4v) is 3.39. The maximum atomic E-state index is 12.4. The summed E-state index contributed by atoms with van der Waals surface area (Å²) in [5.74, 6) is -0.239. The highest BCUT2D eigenvalue weighted by atomic mass is 16.5. The minimum Gasteiger partial charge on any atom is -0.449 e. The van der Waals surface area contributed by atoms with Gasteiger partial charge in [-0.25, -0.2) is 4.79 Å². The zero-order valence-corrected chi connectivity index (χ0v) is 15.7. The van der Waals surface area contributed by atoms with Crippen LogP contribution in [0.4, 0.5) is 11.4 Å². The number of nitrogens with zero attached hydrogens (tertiary/aromatic N) is 2. The van der Waals surface area contributed by atoms with Crippen LogP contribution in [0.5, 0.6) is 0 Å². The van der Waals surface area contributed by atoms with Crippen molar-refractivity contribution in [2.75, 3.05) is 37.0 Å². The summed E-state index contributed by atoms with van der Waals surface area (Å²) in [5.41, 5.74) is 6.00. The Morgan fingerprint density at radius 2 is 1.64 bits per heavy atom. The Hall–Kier alpha value is -2.49. The van der Waals surface area contributed by atoms with Gasteiger partial charge in [-0.1, -0.05) is 12.1 Å². The molecule has 2 aromatic carbocycles. The van der Waals surface area contributed by atoms with E-state index in [2.05, 4.69) is 43.9 Å². The summed E-state index contributed by atoms with van der Waals surface area (Å²) in [6, 6.07) is 12.4. The molecule has 0 saturated carbocycles. The van der Waals surface area contributed by atoms with E-state index in [1.165, 1.54) is 5.69 Å². The summed E-state index contributed by atoms with van der Waals surface area (Å²) in [6.07, 6.45) is -0.325. The summed E-state index contributed by atoms with van der Waals surface area (Å²) in [6.45, 7) is 8.27. The van der Waals surface area contributed by atoms with E-state index in [1.54, 1.807) is 0 Å². The quantitative estimate of drug-likeness (QED) is 0.766. The van der Waals surface area contributed by atoms with Gasteiger partial charge in [0.05, 0.1) is 5.56 Å². The number of cyclic esters (lactones) is 1. The standard InChI is InChI=1S/C21H26N2O2/c1-6-23(7-2)16-9-8-14(3)18(13-16)20-17-11-10-15(22(4)5)12-19(17)21(24)25-20/h8-13,20H,6-7H2,1-5H3. The minimum absolute atomic E-state index is 0.239. The number of esters is 1. The van der Waals surface area contributed by atoms with E-state index >= 15 is 0 Å². The molecule has 0 fully saturated rings. The van der Waals surface area contributed by atoms with Crippen LogP contribution in [0.2, 0.25) is 0 Å². The first-order valence-corrected chi connectivity index (χ1v) is 8.84. The monoisotopic (exact) mass is 338 g/mol. The van der Waals surface area contributed by atoms with Gasteiger partial charge in [-0.2, -0.15) is 0 Å². The summed E-state index contributed by atoms with van der Waals surface area (Å²) >= 11 is 0. The zero-order chi connectivity index (χ0) is 18.1. The Morgan fingerprint density at radius 1 is 0.960 bits per heavy atom. The van der Waals surface area contributed by atoms with Crippen molar-refractivity contribution in [3.8, 4) is 0 Å². The van der Waals surface area contributed by atoms with E-state index in [0.29, 0.717) is 5.56 Å². The maximum absolute atomic E-state index is 12.4. The number of rotatable bonds is 5. The largest absolute Gasteiger partial charge is 0.449 e. The highest BCUT2D eigenvalue weighted by Crippen LogP contribution is 2.39. The van der Waals surface area contributed by atoms with E-state index in [-0.39, 0.29) is 12.1 Å². The van der Waals surface area contributed by atoms with E-state index in [1.807, 2.05) is 37.2 Å². The third kappa shape index (κ3) is 3.09. The van der Waals surface area contributed by atoms with Crippen molar-refractivity contribution in [3.05, 3.63) is 58.7 Å². The van der Waals surface area contributed by atoms with Crippen molar-refractivity contribution in [2.45, 2.75) is 26.9 Å². The predicted octanol–water partition coefficient (Wildman–Crippen LogP) is 4.17. The van der Waals surface area contributed by atoms with Gasteiger partial charge in [0, 0.05) is 49.7 Å². The molecule has 4 nitrogen and oxygen atoms in total. The topological polar surface area (TPSA) is 32.8 Å². The van der Waals surface area contributed by atoms with Crippen LogP contribution < -0.4 is 9.80 Å². The Kier molecular flexibility index (Phi) is 4.71. The molecule has 1 aliphatic heterocycles. The Labute approximate surface area is 150 Å². The lowest BCUT2D eigenvalue weighted by Crippen LogP contribution is -2.22. The van der Waals surface area contributed by atoms with Crippen LogP contribution in [0, 0.1) is 6.92 Å². The molecule has 0 bridgehead atoms. The Bertz CT molecular complexity index is 794. The molecule has 4 heteroatoms. The maximum Gasteiger partial charge on any atom is 0.339 e. The van der Waals surface area contributed by atoms with Crippen molar-refractivity contribution < 1.29 is 9.53 Å². The van der Waals surface area contributed by atoms with Gasteiger partial charge in [-0.3, -0.25) is 0 Å². The van der Waals surface area contributed by atoms with Crippen LogP contribution in [0.15, 0.2) is 36.4 Å². The molecule has 0 N–H and O–H groups in total. The lowest BCUT2D eigenvalue weighted by Gasteiger charge is -2.23. The summed E-state index contributed by atoms with van der Waals surface area (Å²) < 4.78 is 5.76. The molecule has 1 unspecified atom stereocenters. The zero-order valence-electron chi connectivity index (χ0n) is 15.7. The first-order chi connectivity index (χ1) is 12.0. The van der Waals surface area contributed by atoms with Crippen molar-refractivity contribution in [1.29, 1.82) is 0 Å². The molecule has 1 heterocycles. The van der Waals surface area contributed by atoms with Crippen LogP contribution in [0.1, 0.15) is 47.0 Å². The Balaban J connectivity index is 2.05. The normalized spacial score (nSPS) is 15.7. The second-order valence-electron chi connectivity index (χ2n) is 6.66. The summed E-state index contributed by atoms with van der Waals surface area (Å²) in [7, 11) is 3.94. The first-order valence-electron chi connectivity index (χ1n) is 8.84. The second kappa shape index (κ2) is 6.79. The molecule has 1 atom stereocenters. The summed E-state index contributed by atoms with van der Waals surface area (Å²) in [5, 5.41) is 0. The summed E-state index contributed by atoms with van der Waals surface area (Å²) in [4.78, 5) is 16.7. The third-order valence-corrected chi connectivity index (χ3v) is 4.95. The van der Waals surface area contributed by atoms with E-state index in [9.17, 15) is 4.79 Å². The van der Waals surface area contributed by atoms with Crippen LogP contribution in [-0.4, -0.2) is 33.2 Å². The second-order valence-corrected chi connectivity index (χ2v) is 6.66. The number of carbonyl (C=O) groups excluding carboxylic acids is 1. The molecule has 3 rings (SSSR count). The molecule has 25 heavy (non-hydrogen) atoms. The number of aryl methyl sites for hydroxylation is 1. The van der Waals surface area contributed by atoms with E-state index < -0.39 is 0 Å². The van der Waals surface area contributed by atoms with Gasteiger partial charge in [0.15, 0.2) is 6.10 Å². The van der Waals surface area contributed by atoms with Crippen molar-refractivity contribution in [1.82, 2.24) is 0 Å². The molecule has 0 aliphatic carbocycles. The number of hydrogen-bond donors (Lipinski definition) is 0. The highest BCUT2D eigenvalue weighted by Gasteiger charge is 2.33. The van der Waals surface area contributed by atoms with Gasteiger partial charge >= 0.3 is 5.97 Å². The van der Waals surface area contributed by atoms with Crippen molar-refractivity contribution in [2.24, 2.45) is 0 Å². The van der Waals surface area contributed by atoms with Gasteiger partial charge in [0.2, 0.25) is 0 Å². The molecule has 0 radical (unpaired) electrons. The van der Waals surface area contributed by atoms with Gasteiger partial charge in [-0.15, -0.1) is 0 Å². The number of ether oxygens (including phenoxy) is 1. The van der Waals surface area contributed by atoms with Crippen LogP contribution >= 0.6 is 0 Å². The lowest BCUT2D eigenvalue weighted by molar-refractivity contribution is 0.0455. The SMILES string of the molecule is CCN(CC)c1ccc(C)c(C2OC(=O)c3cc(N(C)C)ccc32)c1. The van der Waals surface area contributed by atoms with Crippen molar-refractivity contribution in [3.63, 3.8) is 0 Å².